The Morgan fingerprint density at radius 1 is 1.50 bits per heavy atom. The van der Waals surface area contributed by atoms with Crippen LogP contribution in [0, 0.1) is 0 Å². The number of nitrogens with one attached hydrogen (secondary N) is 1. The summed E-state index contributed by atoms with van der Waals surface area (Å²) in [6, 6.07) is 0.617. The topological polar surface area (TPSA) is 15.3 Å². The molecule has 72 valence electrons. The van der Waals surface area contributed by atoms with Crippen LogP contribution in [-0.2, 0) is 0 Å². The number of halogens is 1. The molecule has 12 heavy (non-hydrogen) atoms. The molecule has 1 atom stereocenters. The molecule has 0 saturated carbocycles. The third kappa shape index (κ3) is 3.07. The van der Waals surface area contributed by atoms with Crippen molar-refractivity contribution in [2.45, 2.75) is 25.8 Å². The zero-order valence-electron chi connectivity index (χ0n) is 7.85. The van der Waals surface area contributed by atoms with Crippen molar-refractivity contribution in [3.8, 4) is 0 Å². The summed E-state index contributed by atoms with van der Waals surface area (Å²) in [5.74, 6) is 0. The molecule has 0 aliphatic carbocycles. The molecule has 1 saturated heterocycles. The minimum atomic E-state index is -0.184. The molecule has 1 aliphatic heterocycles. The first-order chi connectivity index (χ1) is 5.84. The Kier molecular flexibility index (Phi) is 4.54. The predicted molar refractivity (Wildman–Crippen MR) is 49.1 cm³/mol. The van der Waals surface area contributed by atoms with Gasteiger partial charge in [0.25, 0.3) is 0 Å². The molecule has 1 unspecified atom stereocenters. The smallest absolute Gasteiger partial charge is 0.0906 e. The van der Waals surface area contributed by atoms with Crippen LogP contribution in [0.2, 0.25) is 0 Å². The van der Waals surface area contributed by atoms with E-state index in [1.165, 1.54) is 6.42 Å². The zero-order valence-corrected chi connectivity index (χ0v) is 7.85. The summed E-state index contributed by atoms with van der Waals surface area (Å²) < 4.78 is 11.9. The molecule has 0 aromatic rings. The molecule has 1 rings (SSSR count). The molecule has 3 heteroatoms. The molecule has 0 aromatic heterocycles. The van der Waals surface area contributed by atoms with Gasteiger partial charge in [-0.05, 0) is 26.3 Å². The van der Waals surface area contributed by atoms with Crippen LogP contribution in [0.4, 0.5) is 4.39 Å². The van der Waals surface area contributed by atoms with Crippen molar-refractivity contribution < 1.29 is 4.39 Å². The molecular weight excluding hydrogens is 155 g/mol. The van der Waals surface area contributed by atoms with Crippen LogP contribution in [0.3, 0.4) is 0 Å². The van der Waals surface area contributed by atoms with Gasteiger partial charge in [-0.1, -0.05) is 0 Å². The van der Waals surface area contributed by atoms with E-state index in [0.29, 0.717) is 12.5 Å². The van der Waals surface area contributed by atoms with Gasteiger partial charge < -0.3 is 5.32 Å². The zero-order chi connectivity index (χ0) is 8.81. The largest absolute Gasteiger partial charge is 0.315 e. The van der Waals surface area contributed by atoms with E-state index in [4.69, 9.17) is 0 Å². The van der Waals surface area contributed by atoms with E-state index in [1.54, 1.807) is 0 Å². The van der Waals surface area contributed by atoms with Crippen LogP contribution in [0.5, 0.6) is 0 Å². The summed E-state index contributed by atoms with van der Waals surface area (Å²) in [4.78, 5) is 2.37. The van der Waals surface area contributed by atoms with Gasteiger partial charge in [0.1, 0.15) is 0 Å². The van der Waals surface area contributed by atoms with E-state index in [2.05, 4.69) is 17.1 Å². The first kappa shape index (κ1) is 9.93. The Balaban J connectivity index is 2.26. The lowest BCUT2D eigenvalue weighted by Gasteiger charge is -2.25. The van der Waals surface area contributed by atoms with Crippen LogP contribution >= 0.6 is 0 Å². The van der Waals surface area contributed by atoms with Gasteiger partial charge >= 0.3 is 0 Å². The summed E-state index contributed by atoms with van der Waals surface area (Å²) in [6.45, 7) is 6.19. The van der Waals surface area contributed by atoms with Crippen molar-refractivity contribution in [1.82, 2.24) is 10.2 Å². The monoisotopic (exact) mass is 174 g/mol. The van der Waals surface area contributed by atoms with E-state index in [0.717, 1.165) is 26.2 Å². The van der Waals surface area contributed by atoms with Gasteiger partial charge in [-0.15, -0.1) is 0 Å². The molecule has 0 amide bonds. The minimum absolute atomic E-state index is 0.184. The number of hydrogen-bond acceptors (Lipinski definition) is 2. The fourth-order valence-electron chi connectivity index (χ4n) is 1.66. The van der Waals surface area contributed by atoms with Gasteiger partial charge in [0.2, 0.25) is 0 Å². The summed E-state index contributed by atoms with van der Waals surface area (Å²) in [5.41, 5.74) is 0. The number of nitrogens with zero attached hydrogens (tertiary/aromatic N) is 1. The van der Waals surface area contributed by atoms with Crippen molar-refractivity contribution in [3.05, 3.63) is 0 Å². The molecule has 1 heterocycles. The van der Waals surface area contributed by atoms with Crippen LogP contribution in [0.1, 0.15) is 19.8 Å². The maximum Gasteiger partial charge on any atom is 0.0906 e. The Morgan fingerprint density at radius 3 is 3.08 bits per heavy atom. The van der Waals surface area contributed by atoms with Gasteiger partial charge in [0.05, 0.1) is 6.67 Å². The molecule has 1 N–H and O–H groups in total. The highest BCUT2D eigenvalue weighted by molar-refractivity contribution is 4.73. The maximum absolute atomic E-state index is 11.9. The summed E-state index contributed by atoms with van der Waals surface area (Å²) >= 11 is 0. The van der Waals surface area contributed by atoms with E-state index in [-0.39, 0.29) is 6.67 Å². The van der Waals surface area contributed by atoms with Gasteiger partial charge in [0, 0.05) is 25.7 Å². The van der Waals surface area contributed by atoms with Crippen molar-refractivity contribution in [2.75, 3.05) is 32.9 Å². The summed E-state index contributed by atoms with van der Waals surface area (Å²) in [6.07, 6.45) is 1.87. The first-order valence-corrected chi connectivity index (χ1v) is 4.85. The lowest BCUT2D eigenvalue weighted by atomic mass is 10.2. The Morgan fingerprint density at radius 2 is 2.33 bits per heavy atom. The van der Waals surface area contributed by atoms with Crippen molar-refractivity contribution >= 4 is 0 Å². The second-order valence-corrected chi connectivity index (χ2v) is 3.47. The standard InChI is InChI=1S/C9H19FN2/c1-9-3-5-11-6-8-12(9)7-2-4-10/h9,11H,2-8H2,1H3. The first-order valence-electron chi connectivity index (χ1n) is 4.85. The Hall–Kier alpha value is -0.150. The number of rotatable bonds is 3. The summed E-state index contributed by atoms with van der Waals surface area (Å²) in [5, 5.41) is 3.35. The van der Waals surface area contributed by atoms with Gasteiger partial charge in [0.15, 0.2) is 0 Å². The summed E-state index contributed by atoms with van der Waals surface area (Å²) in [7, 11) is 0. The van der Waals surface area contributed by atoms with Crippen LogP contribution in [0.25, 0.3) is 0 Å². The molecule has 0 bridgehead atoms. The highest BCUT2D eigenvalue weighted by atomic mass is 19.1. The Labute approximate surface area is 74.1 Å². The van der Waals surface area contributed by atoms with Crippen molar-refractivity contribution in [3.63, 3.8) is 0 Å². The minimum Gasteiger partial charge on any atom is -0.315 e. The average Bonchev–Trinajstić information content (AvgIpc) is 2.27. The third-order valence-electron chi connectivity index (χ3n) is 2.52. The number of alkyl halides is 1. The quantitative estimate of drug-likeness (QED) is 0.687. The molecule has 2 nitrogen and oxygen atoms in total. The number of hydrogen-bond donors (Lipinski definition) is 1. The molecule has 1 aliphatic rings. The second kappa shape index (κ2) is 5.49. The van der Waals surface area contributed by atoms with Crippen LogP contribution in [0.15, 0.2) is 0 Å². The normalized spacial score (nSPS) is 27.0. The Bertz CT molecular complexity index is 119. The van der Waals surface area contributed by atoms with Gasteiger partial charge in [-0.25, -0.2) is 0 Å². The van der Waals surface area contributed by atoms with E-state index >= 15 is 0 Å². The van der Waals surface area contributed by atoms with Crippen LogP contribution < -0.4 is 5.32 Å². The highest BCUT2D eigenvalue weighted by Gasteiger charge is 2.15. The molecule has 0 radical (unpaired) electrons. The molecule has 0 spiro atoms. The molecular formula is C9H19FN2. The maximum atomic E-state index is 11.9. The fourth-order valence-corrected chi connectivity index (χ4v) is 1.66. The van der Waals surface area contributed by atoms with E-state index in [1.807, 2.05) is 0 Å². The van der Waals surface area contributed by atoms with Crippen LogP contribution in [-0.4, -0.2) is 43.8 Å². The lowest BCUT2D eigenvalue weighted by Crippen LogP contribution is -2.35. The van der Waals surface area contributed by atoms with Gasteiger partial charge in [-0.2, -0.15) is 0 Å². The van der Waals surface area contributed by atoms with Crippen molar-refractivity contribution in [1.29, 1.82) is 0 Å². The van der Waals surface area contributed by atoms with E-state index in [9.17, 15) is 4.39 Å². The predicted octanol–water partition coefficient (Wildman–Crippen LogP) is 1.03. The third-order valence-corrected chi connectivity index (χ3v) is 2.52. The molecule has 1 fully saturated rings. The van der Waals surface area contributed by atoms with Crippen molar-refractivity contribution in [2.24, 2.45) is 0 Å². The van der Waals surface area contributed by atoms with E-state index < -0.39 is 0 Å². The fraction of sp³-hybridized carbons (Fsp3) is 1.00. The molecule has 0 aromatic carbocycles. The second-order valence-electron chi connectivity index (χ2n) is 3.47. The highest BCUT2D eigenvalue weighted by Crippen LogP contribution is 2.06. The average molecular weight is 174 g/mol. The lowest BCUT2D eigenvalue weighted by molar-refractivity contribution is 0.210. The SMILES string of the molecule is CC1CCNCCN1CCCF. The van der Waals surface area contributed by atoms with Gasteiger partial charge in [-0.3, -0.25) is 9.29 Å².